The number of rotatable bonds is 4. The van der Waals surface area contributed by atoms with Crippen LogP contribution in [0.5, 0.6) is 0 Å². The highest BCUT2D eigenvalue weighted by molar-refractivity contribution is 5.96. The van der Waals surface area contributed by atoms with Crippen molar-refractivity contribution in [2.45, 2.75) is 5.41 Å². The van der Waals surface area contributed by atoms with Crippen molar-refractivity contribution in [2.24, 2.45) is 0 Å². The molecule has 0 atom stereocenters. The molecule has 8 aromatic carbocycles. The van der Waals surface area contributed by atoms with E-state index in [1.165, 1.54) is 66.8 Å². The molecule has 2 nitrogen and oxygen atoms in total. The highest BCUT2D eigenvalue weighted by atomic mass is 14.9. The number of aromatic nitrogens is 2. The molecule has 0 N–H and O–H groups in total. The van der Waals surface area contributed by atoms with Crippen LogP contribution < -0.4 is 0 Å². The number of hydrogen-bond donors (Lipinski definition) is 0. The van der Waals surface area contributed by atoms with Gasteiger partial charge in [0, 0.05) is 16.5 Å². The molecule has 1 spiro atoms. The average Bonchev–Trinajstić information content (AvgIpc) is 3.71. The highest BCUT2D eigenvalue weighted by Gasteiger charge is 2.51. The van der Waals surface area contributed by atoms with Gasteiger partial charge in [0.1, 0.15) is 0 Å². The molecule has 9 aromatic rings. The monoisotopic (exact) mass is 672 g/mol. The lowest BCUT2D eigenvalue weighted by molar-refractivity contribution is 0.794. The first-order valence-corrected chi connectivity index (χ1v) is 18.2. The van der Waals surface area contributed by atoms with Gasteiger partial charge in [-0.05, 0) is 78.9 Å². The van der Waals surface area contributed by atoms with Gasteiger partial charge < -0.3 is 0 Å². The zero-order valence-corrected chi connectivity index (χ0v) is 28.9. The second kappa shape index (κ2) is 11.6. The van der Waals surface area contributed by atoms with Crippen LogP contribution in [0.3, 0.4) is 0 Å². The molecular weight excluding hydrogens is 641 g/mol. The van der Waals surface area contributed by atoms with Gasteiger partial charge in [0.05, 0.1) is 16.6 Å². The van der Waals surface area contributed by atoms with E-state index in [2.05, 4.69) is 182 Å². The highest BCUT2D eigenvalue weighted by Crippen LogP contribution is 2.63. The van der Waals surface area contributed by atoms with Crippen molar-refractivity contribution < 1.29 is 0 Å². The summed E-state index contributed by atoms with van der Waals surface area (Å²) in [4.78, 5) is 10.2. The summed E-state index contributed by atoms with van der Waals surface area (Å²) < 4.78 is 0. The Morgan fingerprint density at radius 1 is 0.302 bits per heavy atom. The minimum atomic E-state index is -0.357. The molecule has 246 valence electrons. The quantitative estimate of drug-likeness (QED) is 0.186. The fourth-order valence-electron chi connectivity index (χ4n) is 8.96. The van der Waals surface area contributed by atoms with Gasteiger partial charge in [-0.15, -0.1) is 0 Å². The molecule has 1 aromatic heterocycles. The van der Waals surface area contributed by atoms with Crippen LogP contribution in [0.2, 0.25) is 0 Å². The maximum Gasteiger partial charge on any atom is 0.160 e. The molecule has 11 rings (SSSR count). The Morgan fingerprint density at radius 3 is 1.40 bits per heavy atom. The second-order valence-electron chi connectivity index (χ2n) is 14.1. The summed E-state index contributed by atoms with van der Waals surface area (Å²) in [6.45, 7) is 0. The van der Waals surface area contributed by atoms with E-state index in [-0.39, 0.29) is 5.41 Å². The summed E-state index contributed by atoms with van der Waals surface area (Å²) in [5.74, 6) is 0.722. The summed E-state index contributed by atoms with van der Waals surface area (Å²) >= 11 is 0. The van der Waals surface area contributed by atoms with Gasteiger partial charge in [-0.25, -0.2) is 9.97 Å². The normalized spacial score (nSPS) is 13.1. The van der Waals surface area contributed by atoms with E-state index in [9.17, 15) is 0 Å². The molecule has 0 radical (unpaired) electrons. The molecule has 1 heterocycles. The molecular formula is C51H32N2. The number of nitrogens with zero attached hydrogens (tertiary/aromatic N) is 2. The molecule has 53 heavy (non-hydrogen) atoms. The van der Waals surface area contributed by atoms with Crippen LogP contribution in [0.1, 0.15) is 22.3 Å². The SMILES string of the molecule is c1ccc(-c2ccc(-c3nc(-c4ccc(-c5ccc6c(c5)C5(c7ccccc7-c7ccccc75)c5ccccc5-6)cc4)nc4ccccc34)cc2)cc1. The van der Waals surface area contributed by atoms with Crippen LogP contribution in [0.15, 0.2) is 194 Å². The first-order chi connectivity index (χ1) is 26.3. The van der Waals surface area contributed by atoms with Gasteiger partial charge in [0.2, 0.25) is 0 Å². The number of hydrogen-bond acceptors (Lipinski definition) is 2. The summed E-state index contributed by atoms with van der Waals surface area (Å²) in [7, 11) is 0. The lowest BCUT2D eigenvalue weighted by Gasteiger charge is -2.30. The Bertz CT molecular complexity index is 2810. The maximum absolute atomic E-state index is 5.20. The second-order valence-corrected chi connectivity index (χ2v) is 14.1. The standard InChI is InChI=1S/C51H32N2/c1-2-12-33(13-3-1)34-22-26-36(27-23-34)49-43-17-7-11-21-48(43)52-50(53-49)37-28-24-35(25-29-37)38-30-31-42-41-16-6-10-20-46(41)51(47(42)32-38)44-18-8-4-14-39(44)40-15-5-9-19-45(40)51/h1-32H. The van der Waals surface area contributed by atoms with Crippen LogP contribution in [-0.2, 0) is 5.41 Å². The smallest absolute Gasteiger partial charge is 0.160 e. The van der Waals surface area contributed by atoms with Crippen molar-refractivity contribution in [2.75, 3.05) is 0 Å². The van der Waals surface area contributed by atoms with Crippen LogP contribution in [0, 0.1) is 0 Å². The lowest BCUT2D eigenvalue weighted by atomic mass is 9.70. The Kier molecular flexibility index (Phi) is 6.50. The fraction of sp³-hybridized carbons (Fsp3) is 0.0196. The van der Waals surface area contributed by atoms with Gasteiger partial charge in [0.15, 0.2) is 5.82 Å². The van der Waals surface area contributed by atoms with E-state index in [1.54, 1.807) is 0 Å². The third kappa shape index (κ3) is 4.39. The Balaban J connectivity index is 1.01. The first kappa shape index (κ1) is 29.8. The minimum Gasteiger partial charge on any atom is -0.228 e. The van der Waals surface area contributed by atoms with E-state index in [0.717, 1.165) is 33.5 Å². The molecule has 0 bridgehead atoms. The third-order valence-corrected chi connectivity index (χ3v) is 11.3. The van der Waals surface area contributed by atoms with E-state index in [0.29, 0.717) is 0 Å². The molecule has 2 heteroatoms. The van der Waals surface area contributed by atoms with Gasteiger partial charge >= 0.3 is 0 Å². The van der Waals surface area contributed by atoms with Crippen LogP contribution in [0.25, 0.3) is 78.1 Å². The van der Waals surface area contributed by atoms with Crippen molar-refractivity contribution >= 4 is 10.9 Å². The molecule has 0 unspecified atom stereocenters. The van der Waals surface area contributed by atoms with Crippen LogP contribution in [-0.4, -0.2) is 9.97 Å². The van der Waals surface area contributed by atoms with Crippen molar-refractivity contribution in [1.82, 2.24) is 9.97 Å². The minimum absolute atomic E-state index is 0.357. The van der Waals surface area contributed by atoms with Crippen molar-refractivity contribution in [3.05, 3.63) is 216 Å². The third-order valence-electron chi connectivity index (χ3n) is 11.3. The number of fused-ring (bicyclic) bond motifs is 11. The zero-order chi connectivity index (χ0) is 34.9. The predicted octanol–water partition coefficient (Wildman–Crippen LogP) is 12.6. The molecule has 2 aliphatic carbocycles. The Labute approximate surface area is 308 Å². The van der Waals surface area contributed by atoms with E-state index in [1.807, 2.05) is 12.1 Å². The van der Waals surface area contributed by atoms with E-state index >= 15 is 0 Å². The Hall–Kier alpha value is -6.90. The van der Waals surface area contributed by atoms with Crippen molar-refractivity contribution in [3.8, 4) is 67.2 Å². The first-order valence-electron chi connectivity index (χ1n) is 18.2. The predicted molar refractivity (Wildman–Crippen MR) is 218 cm³/mol. The summed E-state index contributed by atoms with van der Waals surface area (Å²) in [5.41, 5.74) is 19.0. The Morgan fingerprint density at radius 2 is 0.755 bits per heavy atom. The maximum atomic E-state index is 5.20. The van der Waals surface area contributed by atoms with Crippen LogP contribution >= 0.6 is 0 Å². The van der Waals surface area contributed by atoms with Gasteiger partial charge in [-0.1, -0.05) is 182 Å². The zero-order valence-electron chi connectivity index (χ0n) is 28.9. The fourth-order valence-corrected chi connectivity index (χ4v) is 8.96. The number of benzene rings is 8. The lowest BCUT2D eigenvalue weighted by Crippen LogP contribution is -2.25. The van der Waals surface area contributed by atoms with E-state index in [4.69, 9.17) is 9.97 Å². The number of para-hydroxylation sites is 1. The van der Waals surface area contributed by atoms with E-state index < -0.39 is 0 Å². The molecule has 0 fully saturated rings. The average molecular weight is 673 g/mol. The van der Waals surface area contributed by atoms with Gasteiger partial charge in [-0.2, -0.15) is 0 Å². The molecule has 0 aliphatic heterocycles. The largest absolute Gasteiger partial charge is 0.228 e. The van der Waals surface area contributed by atoms with Crippen molar-refractivity contribution in [1.29, 1.82) is 0 Å². The summed E-state index contributed by atoms with van der Waals surface area (Å²) in [6.07, 6.45) is 0. The molecule has 0 saturated heterocycles. The van der Waals surface area contributed by atoms with Gasteiger partial charge in [-0.3, -0.25) is 0 Å². The summed E-state index contributed by atoms with van der Waals surface area (Å²) in [6, 6.07) is 70.2. The molecule has 2 aliphatic rings. The van der Waals surface area contributed by atoms with Crippen molar-refractivity contribution in [3.63, 3.8) is 0 Å². The molecule has 0 saturated carbocycles. The summed E-state index contributed by atoms with van der Waals surface area (Å²) in [5, 5.41) is 1.04. The van der Waals surface area contributed by atoms with Crippen LogP contribution in [0.4, 0.5) is 0 Å². The van der Waals surface area contributed by atoms with Gasteiger partial charge in [0.25, 0.3) is 0 Å². The topological polar surface area (TPSA) is 25.8 Å². The molecule has 0 amide bonds.